The van der Waals surface area contributed by atoms with E-state index in [0.717, 1.165) is 25.5 Å². The van der Waals surface area contributed by atoms with Crippen LogP contribution in [0.3, 0.4) is 0 Å². The third kappa shape index (κ3) is 3.86. The average Bonchev–Trinajstić information content (AvgIpc) is 2.27. The number of pyridine rings is 1. The number of aromatic hydroxyl groups is 2. The fourth-order valence-corrected chi connectivity index (χ4v) is 3.82. The number of amides is 1. The third-order valence-electron chi connectivity index (χ3n) is 3.99. The van der Waals surface area contributed by atoms with Gasteiger partial charge in [0.2, 0.25) is 5.88 Å². The molecule has 0 radical (unpaired) electrons. The molecule has 1 aromatic rings. The number of carbonyl (C=O) groups is 1. The zero-order valence-electron chi connectivity index (χ0n) is 13.1. The van der Waals surface area contributed by atoms with Crippen LogP contribution in [0, 0.1) is 10.8 Å². The summed E-state index contributed by atoms with van der Waals surface area (Å²) in [6.07, 6.45) is 4.02. The van der Waals surface area contributed by atoms with E-state index in [1.165, 1.54) is 6.07 Å². The van der Waals surface area contributed by atoms with Crippen LogP contribution in [0.25, 0.3) is 0 Å². The van der Waals surface area contributed by atoms with Crippen LogP contribution in [-0.2, 0) is 0 Å². The summed E-state index contributed by atoms with van der Waals surface area (Å²) in [6, 6.07) is 1.29. The van der Waals surface area contributed by atoms with Crippen molar-refractivity contribution < 1.29 is 15.0 Å². The van der Waals surface area contributed by atoms with Crippen molar-refractivity contribution >= 4 is 5.91 Å². The Hall–Kier alpha value is -1.78. The maximum absolute atomic E-state index is 12.3. The minimum atomic E-state index is -0.394. The molecule has 5 heteroatoms. The van der Waals surface area contributed by atoms with Gasteiger partial charge >= 0.3 is 0 Å². The van der Waals surface area contributed by atoms with E-state index in [1.807, 2.05) is 0 Å². The average molecular weight is 292 g/mol. The molecule has 0 unspecified atom stereocenters. The summed E-state index contributed by atoms with van der Waals surface area (Å²) in [7, 11) is 0. The van der Waals surface area contributed by atoms with E-state index in [0.29, 0.717) is 0 Å². The highest BCUT2D eigenvalue weighted by atomic mass is 16.3. The van der Waals surface area contributed by atoms with Gasteiger partial charge in [-0.15, -0.1) is 0 Å². The Kier molecular flexibility index (Phi) is 3.87. The molecule has 2 rings (SSSR count). The van der Waals surface area contributed by atoms with E-state index in [9.17, 15) is 15.0 Å². The maximum atomic E-state index is 12.3. The van der Waals surface area contributed by atoms with Gasteiger partial charge in [-0.1, -0.05) is 27.7 Å². The predicted octanol–water partition coefficient (Wildman–Crippen LogP) is 2.83. The SMILES string of the molecule is CC1(C)CC(NC(=O)c2cc(O)cnc2O)CC(C)(C)C1. The third-order valence-corrected chi connectivity index (χ3v) is 3.99. The molecule has 1 saturated carbocycles. The lowest BCUT2D eigenvalue weighted by Gasteiger charge is -2.45. The highest BCUT2D eigenvalue weighted by Crippen LogP contribution is 2.45. The molecule has 1 aromatic heterocycles. The Morgan fingerprint density at radius 2 is 1.81 bits per heavy atom. The second kappa shape index (κ2) is 5.20. The van der Waals surface area contributed by atoms with Crippen LogP contribution in [0.4, 0.5) is 0 Å². The van der Waals surface area contributed by atoms with Gasteiger partial charge in [-0.3, -0.25) is 4.79 Å². The molecule has 0 aromatic carbocycles. The molecule has 3 N–H and O–H groups in total. The number of carbonyl (C=O) groups excluding carboxylic acids is 1. The molecule has 0 saturated heterocycles. The van der Waals surface area contributed by atoms with E-state index < -0.39 is 5.91 Å². The van der Waals surface area contributed by atoms with Gasteiger partial charge in [0, 0.05) is 6.04 Å². The standard InChI is InChI=1S/C16H24N2O3/c1-15(2)6-10(7-16(3,4)9-15)18-14(21)12-5-11(19)8-17-13(12)20/h5,8,10,19H,6-7,9H2,1-4H3,(H,17,20)(H,18,21). The summed E-state index contributed by atoms with van der Waals surface area (Å²) < 4.78 is 0. The highest BCUT2D eigenvalue weighted by molar-refractivity contribution is 5.96. The van der Waals surface area contributed by atoms with Crippen molar-refractivity contribution in [1.82, 2.24) is 10.3 Å². The smallest absolute Gasteiger partial charge is 0.257 e. The van der Waals surface area contributed by atoms with Crippen LogP contribution in [0.2, 0.25) is 0 Å². The van der Waals surface area contributed by atoms with Gasteiger partial charge in [0.05, 0.1) is 6.20 Å². The summed E-state index contributed by atoms with van der Waals surface area (Å²) in [5.74, 6) is -0.892. The minimum absolute atomic E-state index is 0.0104. The Morgan fingerprint density at radius 3 is 2.38 bits per heavy atom. The van der Waals surface area contributed by atoms with Crippen LogP contribution in [-0.4, -0.2) is 27.1 Å². The molecule has 1 aliphatic rings. The van der Waals surface area contributed by atoms with Crippen molar-refractivity contribution in [1.29, 1.82) is 0 Å². The van der Waals surface area contributed by atoms with E-state index >= 15 is 0 Å². The van der Waals surface area contributed by atoms with Gasteiger partial charge in [0.1, 0.15) is 11.3 Å². The van der Waals surface area contributed by atoms with E-state index in [-0.39, 0.29) is 34.1 Å². The minimum Gasteiger partial charge on any atom is -0.506 e. The molecule has 0 atom stereocenters. The van der Waals surface area contributed by atoms with E-state index in [4.69, 9.17) is 0 Å². The van der Waals surface area contributed by atoms with Gasteiger partial charge in [0.15, 0.2) is 0 Å². The van der Waals surface area contributed by atoms with Gasteiger partial charge in [-0.25, -0.2) is 4.98 Å². The number of rotatable bonds is 2. The first-order valence-electron chi connectivity index (χ1n) is 7.27. The number of nitrogens with one attached hydrogen (secondary N) is 1. The first kappa shape index (κ1) is 15.6. The molecule has 1 aliphatic carbocycles. The summed E-state index contributed by atoms with van der Waals surface area (Å²) in [6.45, 7) is 8.84. The zero-order valence-corrected chi connectivity index (χ0v) is 13.1. The molecule has 5 nitrogen and oxygen atoms in total. The number of hydrogen-bond acceptors (Lipinski definition) is 4. The first-order valence-corrected chi connectivity index (χ1v) is 7.27. The van der Waals surface area contributed by atoms with Crippen molar-refractivity contribution in [2.75, 3.05) is 0 Å². The largest absolute Gasteiger partial charge is 0.506 e. The zero-order chi connectivity index (χ0) is 15.8. The van der Waals surface area contributed by atoms with E-state index in [1.54, 1.807) is 0 Å². The lowest BCUT2D eigenvalue weighted by molar-refractivity contribution is 0.0711. The number of aromatic nitrogens is 1. The maximum Gasteiger partial charge on any atom is 0.257 e. The molecule has 21 heavy (non-hydrogen) atoms. The summed E-state index contributed by atoms with van der Waals surface area (Å²) in [4.78, 5) is 15.9. The molecule has 1 fully saturated rings. The Balaban J connectivity index is 2.14. The second-order valence-electron chi connectivity index (χ2n) is 7.65. The highest BCUT2D eigenvalue weighted by Gasteiger charge is 2.39. The second-order valence-corrected chi connectivity index (χ2v) is 7.65. The van der Waals surface area contributed by atoms with Gasteiger partial charge in [-0.2, -0.15) is 0 Å². The topological polar surface area (TPSA) is 82.5 Å². The first-order chi connectivity index (χ1) is 9.58. The molecular weight excluding hydrogens is 268 g/mol. The number of nitrogens with zero attached hydrogens (tertiary/aromatic N) is 1. The van der Waals surface area contributed by atoms with Crippen molar-refractivity contribution in [3.8, 4) is 11.6 Å². The van der Waals surface area contributed by atoms with Gasteiger partial charge < -0.3 is 15.5 Å². The molecule has 0 aliphatic heterocycles. The normalized spacial score (nSPS) is 21.0. The van der Waals surface area contributed by atoms with Crippen LogP contribution < -0.4 is 5.32 Å². The quantitative estimate of drug-likeness (QED) is 0.782. The monoisotopic (exact) mass is 292 g/mol. The molecular formula is C16H24N2O3. The fourth-order valence-electron chi connectivity index (χ4n) is 3.82. The summed E-state index contributed by atoms with van der Waals surface area (Å²) in [5.41, 5.74) is 0.341. The molecule has 0 spiro atoms. The van der Waals surface area contributed by atoms with Crippen molar-refractivity contribution in [3.63, 3.8) is 0 Å². The van der Waals surface area contributed by atoms with Crippen molar-refractivity contribution in [3.05, 3.63) is 17.8 Å². The predicted molar refractivity (Wildman–Crippen MR) is 80.2 cm³/mol. The van der Waals surface area contributed by atoms with Crippen molar-refractivity contribution in [2.24, 2.45) is 10.8 Å². The van der Waals surface area contributed by atoms with Crippen LogP contribution in [0.15, 0.2) is 12.3 Å². The summed E-state index contributed by atoms with van der Waals surface area (Å²) >= 11 is 0. The van der Waals surface area contributed by atoms with Crippen LogP contribution in [0.1, 0.15) is 57.3 Å². The lowest BCUT2D eigenvalue weighted by Crippen LogP contribution is -2.46. The lowest BCUT2D eigenvalue weighted by atomic mass is 9.63. The molecule has 116 valence electrons. The van der Waals surface area contributed by atoms with Crippen LogP contribution in [0.5, 0.6) is 11.6 Å². The molecule has 0 bridgehead atoms. The Morgan fingerprint density at radius 1 is 1.24 bits per heavy atom. The van der Waals surface area contributed by atoms with Gasteiger partial charge in [-0.05, 0) is 36.2 Å². The fraction of sp³-hybridized carbons (Fsp3) is 0.625. The van der Waals surface area contributed by atoms with Crippen LogP contribution >= 0.6 is 0 Å². The summed E-state index contributed by atoms with van der Waals surface area (Å²) in [5, 5.41) is 22.0. The van der Waals surface area contributed by atoms with Gasteiger partial charge in [0.25, 0.3) is 5.91 Å². The number of hydrogen-bond donors (Lipinski definition) is 3. The molecule has 1 amide bonds. The molecule has 1 heterocycles. The Bertz CT molecular complexity index is 536. The van der Waals surface area contributed by atoms with E-state index in [2.05, 4.69) is 38.0 Å². The Labute approximate surface area is 125 Å². The van der Waals surface area contributed by atoms with Crippen molar-refractivity contribution in [2.45, 2.75) is 53.0 Å².